The third-order valence-corrected chi connectivity index (χ3v) is 6.40. The standard InChI is InChI=1S/C26H26N2O5S/c1-2-3-6-15-32-20-11-9-18(10-12-20)22(29)13-14-25(31)33-17-19-16-24(30)28-21-7-4-5-8-23(21)34-26(28)27-19/h4-5,7-12,16H,2-3,6,13-15,17H2,1H3. The van der Waals surface area contributed by atoms with Gasteiger partial charge in [-0.3, -0.25) is 18.8 Å². The Labute approximate surface area is 201 Å². The van der Waals surface area contributed by atoms with Gasteiger partial charge in [0.05, 0.1) is 28.9 Å². The number of ketones is 1. The molecular weight excluding hydrogens is 452 g/mol. The topological polar surface area (TPSA) is 87.0 Å². The SMILES string of the molecule is CCCCCOc1ccc(C(=O)CCC(=O)OCc2cc(=O)n3c(n2)sc2ccccc23)cc1. The fourth-order valence-corrected chi connectivity index (χ4v) is 4.61. The van der Waals surface area contributed by atoms with E-state index in [2.05, 4.69) is 11.9 Å². The molecule has 4 rings (SSSR count). The fraction of sp³-hybridized carbons (Fsp3) is 0.308. The summed E-state index contributed by atoms with van der Waals surface area (Å²) in [6, 6.07) is 15.9. The minimum atomic E-state index is -0.512. The van der Waals surface area contributed by atoms with E-state index in [0.717, 1.165) is 35.2 Å². The van der Waals surface area contributed by atoms with Gasteiger partial charge in [0.25, 0.3) is 5.56 Å². The van der Waals surface area contributed by atoms with Crippen LogP contribution in [-0.2, 0) is 16.1 Å². The Balaban J connectivity index is 1.28. The summed E-state index contributed by atoms with van der Waals surface area (Å²) in [5, 5.41) is 0. The van der Waals surface area contributed by atoms with Gasteiger partial charge in [0.2, 0.25) is 0 Å². The summed E-state index contributed by atoms with van der Waals surface area (Å²) in [4.78, 5) is 42.1. The predicted molar refractivity (Wildman–Crippen MR) is 132 cm³/mol. The Morgan fingerprint density at radius 3 is 2.62 bits per heavy atom. The lowest BCUT2D eigenvalue weighted by Gasteiger charge is -2.07. The van der Waals surface area contributed by atoms with Crippen LogP contribution < -0.4 is 10.3 Å². The van der Waals surface area contributed by atoms with E-state index in [-0.39, 0.29) is 30.8 Å². The number of unbranched alkanes of at least 4 members (excludes halogenated alkanes) is 2. The highest BCUT2D eigenvalue weighted by Crippen LogP contribution is 2.23. The van der Waals surface area contributed by atoms with E-state index in [9.17, 15) is 14.4 Å². The van der Waals surface area contributed by atoms with Gasteiger partial charge in [-0.1, -0.05) is 43.2 Å². The molecule has 0 atom stereocenters. The molecule has 34 heavy (non-hydrogen) atoms. The number of carbonyl (C=O) groups is 2. The molecule has 0 aliphatic heterocycles. The number of fused-ring (bicyclic) bond motifs is 3. The first-order valence-electron chi connectivity index (χ1n) is 11.4. The maximum absolute atomic E-state index is 12.5. The number of ether oxygens (including phenoxy) is 2. The van der Waals surface area contributed by atoms with Crippen LogP contribution in [0, 0.1) is 0 Å². The van der Waals surface area contributed by atoms with Gasteiger partial charge in [0.15, 0.2) is 10.7 Å². The molecule has 0 aliphatic carbocycles. The van der Waals surface area contributed by atoms with Crippen LogP contribution in [0.4, 0.5) is 0 Å². The summed E-state index contributed by atoms with van der Waals surface area (Å²) < 4.78 is 13.4. The number of carbonyl (C=O) groups excluding carboxylic acids is 2. The number of hydrogen-bond acceptors (Lipinski definition) is 7. The van der Waals surface area contributed by atoms with Crippen LogP contribution in [-0.4, -0.2) is 27.7 Å². The molecule has 0 N–H and O–H groups in total. The molecule has 7 nitrogen and oxygen atoms in total. The van der Waals surface area contributed by atoms with E-state index < -0.39 is 5.97 Å². The second kappa shape index (κ2) is 11.1. The Kier molecular flexibility index (Phi) is 7.69. The van der Waals surface area contributed by atoms with Crippen LogP contribution in [0.15, 0.2) is 59.4 Å². The molecule has 0 radical (unpaired) electrons. The number of hydrogen-bond donors (Lipinski definition) is 0. The summed E-state index contributed by atoms with van der Waals surface area (Å²) >= 11 is 1.40. The smallest absolute Gasteiger partial charge is 0.306 e. The van der Waals surface area contributed by atoms with Gasteiger partial charge < -0.3 is 9.47 Å². The van der Waals surface area contributed by atoms with Crippen molar-refractivity contribution in [3.63, 3.8) is 0 Å². The van der Waals surface area contributed by atoms with Gasteiger partial charge in [-0.05, 0) is 42.8 Å². The minimum Gasteiger partial charge on any atom is -0.494 e. The zero-order valence-corrected chi connectivity index (χ0v) is 19.8. The number of nitrogens with zero attached hydrogens (tertiary/aromatic N) is 2. The van der Waals surface area contributed by atoms with Crippen LogP contribution in [0.1, 0.15) is 55.1 Å². The normalized spacial score (nSPS) is 11.1. The van der Waals surface area contributed by atoms with Crippen molar-refractivity contribution < 1.29 is 19.1 Å². The molecule has 176 valence electrons. The molecule has 0 aliphatic rings. The lowest BCUT2D eigenvalue weighted by molar-refractivity contribution is -0.145. The first-order chi connectivity index (χ1) is 16.5. The van der Waals surface area contributed by atoms with Crippen molar-refractivity contribution in [2.24, 2.45) is 0 Å². The molecule has 0 saturated heterocycles. The molecule has 0 fully saturated rings. The Morgan fingerprint density at radius 1 is 1.03 bits per heavy atom. The zero-order chi connectivity index (χ0) is 23.9. The summed E-state index contributed by atoms with van der Waals surface area (Å²) in [5.41, 5.74) is 1.49. The second-order valence-electron chi connectivity index (χ2n) is 7.94. The van der Waals surface area contributed by atoms with E-state index >= 15 is 0 Å². The summed E-state index contributed by atoms with van der Waals surface area (Å²) in [6.07, 6.45) is 3.26. The monoisotopic (exact) mass is 478 g/mol. The van der Waals surface area contributed by atoms with Gasteiger partial charge in [-0.2, -0.15) is 0 Å². The first-order valence-corrected chi connectivity index (χ1v) is 12.2. The van der Waals surface area contributed by atoms with E-state index in [1.54, 1.807) is 28.7 Å². The Hall–Kier alpha value is -3.52. The Morgan fingerprint density at radius 2 is 1.82 bits per heavy atom. The molecule has 0 amide bonds. The number of Topliss-reactive ketones (excluding diaryl/α,β-unsaturated/α-hetero) is 1. The molecular formula is C26H26N2O5S. The number of esters is 1. The molecule has 0 unspecified atom stereocenters. The highest BCUT2D eigenvalue weighted by Gasteiger charge is 2.13. The molecule has 0 spiro atoms. The van der Waals surface area contributed by atoms with Crippen LogP contribution in [0.2, 0.25) is 0 Å². The van der Waals surface area contributed by atoms with Crippen molar-refractivity contribution in [2.45, 2.75) is 45.6 Å². The van der Waals surface area contributed by atoms with Crippen LogP contribution in [0.25, 0.3) is 15.2 Å². The summed E-state index contributed by atoms with van der Waals surface area (Å²) in [5.74, 6) is 0.0752. The summed E-state index contributed by atoms with van der Waals surface area (Å²) in [6.45, 7) is 2.68. The number of aromatic nitrogens is 2. The molecule has 4 aromatic rings. The van der Waals surface area contributed by atoms with Crippen LogP contribution in [0.5, 0.6) is 5.75 Å². The maximum atomic E-state index is 12.5. The number of thiazole rings is 1. The summed E-state index contributed by atoms with van der Waals surface area (Å²) in [7, 11) is 0. The quantitative estimate of drug-likeness (QED) is 0.168. The van der Waals surface area contributed by atoms with Crippen molar-refractivity contribution in [3.8, 4) is 5.75 Å². The molecule has 8 heteroatoms. The maximum Gasteiger partial charge on any atom is 0.306 e. The van der Waals surface area contributed by atoms with Crippen LogP contribution in [0.3, 0.4) is 0 Å². The highest BCUT2D eigenvalue weighted by molar-refractivity contribution is 7.23. The number of rotatable bonds is 11. The highest BCUT2D eigenvalue weighted by atomic mass is 32.1. The van der Waals surface area contributed by atoms with E-state index in [0.29, 0.717) is 22.8 Å². The van der Waals surface area contributed by atoms with Crippen LogP contribution >= 0.6 is 11.3 Å². The lowest BCUT2D eigenvalue weighted by atomic mass is 10.1. The first kappa shape index (κ1) is 23.6. The molecule has 2 heterocycles. The average Bonchev–Trinajstić information content (AvgIpc) is 3.23. The number of para-hydroxylation sites is 1. The fourth-order valence-electron chi connectivity index (χ4n) is 3.56. The van der Waals surface area contributed by atoms with Gasteiger partial charge in [-0.15, -0.1) is 0 Å². The van der Waals surface area contributed by atoms with Gasteiger partial charge in [0.1, 0.15) is 12.4 Å². The molecule has 0 saturated carbocycles. The van der Waals surface area contributed by atoms with Crippen molar-refractivity contribution >= 4 is 38.3 Å². The average molecular weight is 479 g/mol. The molecule has 2 aromatic heterocycles. The third-order valence-electron chi connectivity index (χ3n) is 5.38. The van der Waals surface area contributed by atoms with E-state index in [1.807, 2.05) is 24.3 Å². The van der Waals surface area contributed by atoms with Gasteiger partial charge in [-0.25, -0.2) is 4.98 Å². The largest absolute Gasteiger partial charge is 0.494 e. The van der Waals surface area contributed by atoms with Gasteiger partial charge in [0, 0.05) is 18.1 Å². The zero-order valence-electron chi connectivity index (χ0n) is 19.0. The second-order valence-corrected chi connectivity index (χ2v) is 8.95. The Bertz CT molecular complexity index is 1360. The van der Waals surface area contributed by atoms with Gasteiger partial charge >= 0.3 is 5.97 Å². The van der Waals surface area contributed by atoms with Crippen molar-refractivity contribution in [1.29, 1.82) is 0 Å². The molecule has 2 aromatic carbocycles. The van der Waals surface area contributed by atoms with E-state index in [4.69, 9.17) is 9.47 Å². The van der Waals surface area contributed by atoms with Crippen molar-refractivity contribution in [2.75, 3.05) is 6.61 Å². The minimum absolute atomic E-state index is 0.0426. The predicted octanol–water partition coefficient (Wildman–Crippen LogP) is 5.18. The lowest BCUT2D eigenvalue weighted by Crippen LogP contribution is -2.15. The third kappa shape index (κ3) is 5.69. The van der Waals surface area contributed by atoms with E-state index in [1.165, 1.54) is 17.4 Å². The van der Waals surface area contributed by atoms with Crippen molar-refractivity contribution in [1.82, 2.24) is 9.38 Å². The van der Waals surface area contributed by atoms with Crippen molar-refractivity contribution in [3.05, 3.63) is 76.2 Å². The molecule has 0 bridgehead atoms. The number of benzene rings is 2.